The molecule has 0 saturated carbocycles. The van der Waals surface area contributed by atoms with Gasteiger partial charge in [0.25, 0.3) is 0 Å². The number of rotatable bonds is 0. The second-order valence-corrected chi connectivity index (χ2v) is 2.27. The van der Waals surface area contributed by atoms with E-state index in [2.05, 4.69) is 24.3 Å². The predicted octanol–water partition coefficient (Wildman–Crippen LogP) is -0.737. The van der Waals surface area contributed by atoms with Crippen molar-refractivity contribution in [1.29, 1.82) is 0 Å². The second-order valence-electron chi connectivity index (χ2n) is 2.27. The number of hydrogen-bond acceptors (Lipinski definition) is 0. The van der Waals surface area contributed by atoms with Crippen LogP contribution in [0.5, 0.6) is 0 Å². The molecule has 0 N–H and O–H groups in total. The molecule has 0 atom stereocenters. The Morgan fingerprint density at radius 3 is 2.25 bits per heavy atom. The Hall–Kier alpha value is -0.0538. The standard InChI is InChI=1S/C10H7.BrH.Mg/c1-2-6-10-8-4-3-7-9(10)5-1;;/h1-3,5-8H;1H;/q-1;;+2/p-1. The fraction of sp³-hybridized carbons (Fsp3) is 0. The van der Waals surface area contributed by atoms with Crippen LogP contribution in [0.1, 0.15) is 0 Å². The summed E-state index contributed by atoms with van der Waals surface area (Å²) in [4.78, 5) is 0. The van der Waals surface area contributed by atoms with Gasteiger partial charge in [-0.15, -0.1) is 16.8 Å². The van der Waals surface area contributed by atoms with Crippen molar-refractivity contribution in [3.05, 3.63) is 48.5 Å². The average Bonchev–Trinajstić information content (AvgIpc) is 2.05. The molecule has 0 saturated heterocycles. The molecular formula is C10H7BrMg. The third-order valence-corrected chi connectivity index (χ3v) is 1.59. The molecule has 2 aromatic carbocycles. The summed E-state index contributed by atoms with van der Waals surface area (Å²) in [5, 5.41) is 2.53. The van der Waals surface area contributed by atoms with Crippen molar-refractivity contribution in [2.45, 2.75) is 0 Å². The van der Waals surface area contributed by atoms with Crippen LogP contribution < -0.4 is 17.0 Å². The van der Waals surface area contributed by atoms with Crippen LogP contribution in [-0.2, 0) is 0 Å². The Morgan fingerprint density at radius 2 is 1.58 bits per heavy atom. The third-order valence-electron chi connectivity index (χ3n) is 1.59. The van der Waals surface area contributed by atoms with Crippen molar-refractivity contribution in [2.24, 2.45) is 0 Å². The van der Waals surface area contributed by atoms with E-state index in [1.165, 1.54) is 10.8 Å². The predicted molar refractivity (Wildman–Crippen MR) is 48.5 cm³/mol. The minimum absolute atomic E-state index is 0. The summed E-state index contributed by atoms with van der Waals surface area (Å²) >= 11 is 0. The molecule has 12 heavy (non-hydrogen) atoms. The summed E-state index contributed by atoms with van der Waals surface area (Å²) in [7, 11) is 0. The van der Waals surface area contributed by atoms with E-state index in [0.29, 0.717) is 0 Å². The van der Waals surface area contributed by atoms with E-state index < -0.39 is 0 Å². The topological polar surface area (TPSA) is 0 Å². The van der Waals surface area contributed by atoms with Gasteiger partial charge in [-0.1, -0.05) is 18.2 Å². The van der Waals surface area contributed by atoms with Gasteiger partial charge in [-0.3, -0.25) is 0 Å². The molecule has 0 unspecified atom stereocenters. The summed E-state index contributed by atoms with van der Waals surface area (Å²) in [6.07, 6.45) is 0. The van der Waals surface area contributed by atoms with Gasteiger partial charge < -0.3 is 17.0 Å². The van der Waals surface area contributed by atoms with Crippen molar-refractivity contribution >= 4 is 33.8 Å². The molecular weight excluding hydrogens is 224 g/mol. The zero-order valence-electron chi connectivity index (χ0n) is 6.63. The molecule has 0 bridgehead atoms. The second kappa shape index (κ2) is 5.57. The zero-order chi connectivity index (χ0) is 6.81. The molecule has 0 fully saturated rings. The Kier molecular flexibility index (Phi) is 5.54. The first-order valence-electron chi connectivity index (χ1n) is 3.32. The smallest absolute Gasteiger partial charge is 1.00 e. The summed E-state index contributed by atoms with van der Waals surface area (Å²) in [6, 6.07) is 17.3. The molecule has 2 aromatic rings. The van der Waals surface area contributed by atoms with Crippen LogP contribution in [0, 0.1) is 6.07 Å². The number of hydrogen-bond donors (Lipinski definition) is 0. The quantitative estimate of drug-likeness (QED) is 0.414. The van der Waals surface area contributed by atoms with Crippen LogP contribution in [0.3, 0.4) is 0 Å². The Morgan fingerprint density at radius 1 is 0.917 bits per heavy atom. The van der Waals surface area contributed by atoms with Crippen molar-refractivity contribution in [1.82, 2.24) is 0 Å². The molecule has 2 rings (SSSR count). The summed E-state index contributed by atoms with van der Waals surface area (Å²) in [6.45, 7) is 0. The van der Waals surface area contributed by atoms with Gasteiger partial charge in [0.15, 0.2) is 0 Å². The summed E-state index contributed by atoms with van der Waals surface area (Å²) in [5.74, 6) is 0. The van der Waals surface area contributed by atoms with Gasteiger partial charge in [0, 0.05) is 0 Å². The van der Waals surface area contributed by atoms with Gasteiger partial charge in [0.1, 0.15) is 0 Å². The van der Waals surface area contributed by atoms with Crippen molar-refractivity contribution < 1.29 is 17.0 Å². The van der Waals surface area contributed by atoms with Crippen LogP contribution in [0.25, 0.3) is 10.8 Å². The van der Waals surface area contributed by atoms with Crippen LogP contribution in [-0.4, -0.2) is 23.1 Å². The van der Waals surface area contributed by atoms with Crippen LogP contribution in [0.4, 0.5) is 0 Å². The largest absolute Gasteiger partial charge is 2.00 e. The van der Waals surface area contributed by atoms with Gasteiger partial charge >= 0.3 is 23.1 Å². The molecule has 0 spiro atoms. The fourth-order valence-electron chi connectivity index (χ4n) is 1.07. The van der Waals surface area contributed by atoms with Crippen molar-refractivity contribution in [3.63, 3.8) is 0 Å². The molecule has 0 amide bonds. The molecule has 0 aromatic heterocycles. The summed E-state index contributed by atoms with van der Waals surface area (Å²) < 4.78 is 0. The van der Waals surface area contributed by atoms with Gasteiger partial charge in [0.2, 0.25) is 0 Å². The monoisotopic (exact) mass is 230 g/mol. The molecule has 0 aliphatic carbocycles. The Labute approximate surface area is 98.9 Å². The fourth-order valence-corrected chi connectivity index (χ4v) is 1.07. The van der Waals surface area contributed by atoms with Crippen LogP contribution in [0.2, 0.25) is 0 Å². The molecule has 56 valence electrons. The van der Waals surface area contributed by atoms with E-state index in [1.807, 2.05) is 24.3 Å². The third kappa shape index (κ3) is 2.47. The van der Waals surface area contributed by atoms with Crippen molar-refractivity contribution in [3.8, 4) is 0 Å². The Balaban J connectivity index is 0.000000605. The molecule has 2 heteroatoms. The van der Waals surface area contributed by atoms with Gasteiger partial charge in [0.05, 0.1) is 0 Å². The maximum atomic E-state index is 3.04. The first kappa shape index (κ1) is 11.9. The average molecular weight is 231 g/mol. The number of halogens is 1. The van der Waals surface area contributed by atoms with Gasteiger partial charge in [-0.25, -0.2) is 0 Å². The number of fused-ring (bicyclic) bond motifs is 1. The minimum atomic E-state index is 0. The zero-order valence-corrected chi connectivity index (χ0v) is 9.63. The maximum Gasteiger partial charge on any atom is 2.00 e. The molecule has 0 aliphatic heterocycles. The van der Waals surface area contributed by atoms with E-state index in [4.69, 9.17) is 0 Å². The SMILES string of the molecule is [Br-].[Mg+2].[c-]1ccc2ccccc2c1. The maximum absolute atomic E-state index is 3.04. The first-order chi connectivity index (χ1) is 4.97. The normalized spacial score (nSPS) is 8.33. The molecule has 0 nitrogen and oxygen atoms in total. The Bertz CT molecular complexity index is 281. The number of benzene rings is 2. The first-order valence-corrected chi connectivity index (χ1v) is 3.32. The van der Waals surface area contributed by atoms with Crippen LogP contribution >= 0.6 is 0 Å². The van der Waals surface area contributed by atoms with Crippen LogP contribution in [0.15, 0.2) is 42.5 Å². The van der Waals surface area contributed by atoms with E-state index >= 15 is 0 Å². The van der Waals surface area contributed by atoms with E-state index in [-0.39, 0.29) is 40.0 Å². The molecule has 0 aliphatic rings. The van der Waals surface area contributed by atoms with Gasteiger partial charge in [-0.05, 0) is 0 Å². The summed E-state index contributed by atoms with van der Waals surface area (Å²) in [5.41, 5.74) is 0. The van der Waals surface area contributed by atoms with Crippen molar-refractivity contribution in [2.75, 3.05) is 0 Å². The molecule has 0 radical (unpaired) electrons. The minimum Gasteiger partial charge on any atom is -1.00 e. The van der Waals surface area contributed by atoms with E-state index in [9.17, 15) is 0 Å². The van der Waals surface area contributed by atoms with E-state index in [0.717, 1.165) is 0 Å². The van der Waals surface area contributed by atoms with E-state index in [1.54, 1.807) is 0 Å². The molecule has 0 heterocycles. The van der Waals surface area contributed by atoms with Gasteiger partial charge in [-0.2, -0.15) is 24.3 Å².